The molecule has 8 nitrogen and oxygen atoms in total. The summed E-state index contributed by atoms with van der Waals surface area (Å²) in [4.78, 5) is 43.7. The maximum Gasteiger partial charge on any atom is 0.326 e. The van der Waals surface area contributed by atoms with E-state index in [0.717, 1.165) is 23.6 Å². The Morgan fingerprint density at radius 3 is 1.76 bits per heavy atom. The number of anilines is 2. The van der Waals surface area contributed by atoms with Gasteiger partial charge in [0, 0.05) is 31.7 Å². The first-order valence-electron chi connectivity index (χ1n) is 13.6. The lowest BCUT2D eigenvalue weighted by Gasteiger charge is -2.41. The molecular weight excluding hydrogens is 514 g/mol. The minimum Gasteiger partial charge on any atom is -0.367 e. The molecule has 1 aliphatic heterocycles. The topological polar surface area (TPSA) is 113 Å². The van der Waals surface area contributed by atoms with E-state index in [1.807, 2.05) is 42.5 Å². The van der Waals surface area contributed by atoms with Crippen molar-refractivity contribution in [1.29, 1.82) is 0 Å². The summed E-state index contributed by atoms with van der Waals surface area (Å²) in [6, 6.07) is 34.0. The van der Waals surface area contributed by atoms with Crippen LogP contribution in [0, 0.1) is 0 Å². The summed E-state index contributed by atoms with van der Waals surface area (Å²) < 4.78 is 0. The van der Waals surface area contributed by atoms with Crippen molar-refractivity contribution in [3.63, 3.8) is 0 Å². The van der Waals surface area contributed by atoms with Crippen molar-refractivity contribution in [2.45, 2.75) is 12.5 Å². The second-order valence-electron chi connectivity index (χ2n) is 10.0. The van der Waals surface area contributed by atoms with Crippen LogP contribution in [0.15, 0.2) is 109 Å². The maximum absolute atomic E-state index is 13.4. The highest BCUT2D eigenvalue weighted by Crippen LogP contribution is 2.35. The third-order valence-electron chi connectivity index (χ3n) is 7.42. The molecule has 0 aliphatic carbocycles. The molecular formula is C33H33N5O3. The number of urea groups is 1. The molecule has 0 atom stereocenters. The van der Waals surface area contributed by atoms with Gasteiger partial charge in [0.25, 0.3) is 0 Å². The molecule has 0 spiro atoms. The first-order chi connectivity index (χ1) is 19.9. The number of primary amides is 2. The normalized spacial score (nSPS) is 13.6. The molecule has 5 rings (SSSR count). The van der Waals surface area contributed by atoms with Gasteiger partial charge in [0.2, 0.25) is 11.8 Å². The van der Waals surface area contributed by atoms with E-state index in [0.29, 0.717) is 18.8 Å². The van der Waals surface area contributed by atoms with Crippen LogP contribution in [-0.4, -0.2) is 48.9 Å². The van der Waals surface area contributed by atoms with Crippen LogP contribution in [0.25, 0.3) is 0 Å². The lowest BCUT2D eigenvalue weighted by Crippen LogP contribution is -2.49. The van der Waals surface area contributed by atoms with Gasteiger partial charge >= 0.3 is 6.03 Å². The Morgan fingerprint density at radius 2 is 1.24 bits per heavy atom. The van der Waals surface area contributed by atoms with E-state index in [2.05, 4.69) is 58.3 Å². The summed E-state index contributed by atoms with van der Waals surface area (Å²) in [5.41, 5.74) is 15.6. The van der Waals surface area contributed by atoms with Gasteiger partial charge in [0.05, 0.1) is 23.8 Å². The Bertz CT molecular complexity index is 1460. The molecule has 1 heterocycles. The fourth-order valence-electron chi connectivity index (χ4n) is 5.45. The molecule has 208 valence electrons. The van der Waals surface area contributed by atoms with Crippen LogP contribution < -0.4 is 21.3 Å². The minimum absolute atomic E-state index is 0.0202. The Hall–Kier alpha value is -4.95. The van der Waals surface area contributed by atoms with E-state index in [1.165, 1.54) is 17.2 Å². The summed E-state index contributed by atoms with van der Waals surface area (Å²) in [7, 11) is 0. The lowest BCUT2D eigenvalue weighted by molar-refractivity contribution is -0.117. The zero-order valence-electron chi connectivity index (χ0n) is 22.7. The predicted octanol–water partition coefficient (Wildman–Crippen LogP) is 4.35. The van der Waals surface area contributed by atoms with Crippen molar-refractivity contribution in [2.75, 3.05) is 36.0 Å². The van der Waals surface area contributed by atoms with Crippen molar-refractivity contribution in [2.24, 2.45) is 11.5 Å². The Labute approximate surface area is 239 Å². The largest absolute Gasteiger partial charge is 0.367 e. The van der Waals surface area contributed by atoms with Crippen molar-refractivity contribution >= 4 is 29.2 Å². The van der Waals surface area contributed by atoms with Gasteiger partial charge in [-0.25, -0.2) is 9.69 Å². The summed E-state index contributed by atoms with van der Waals surface area (Å²) in [6.07, 6.45) is -0.0202. The van der Waals surface area contributed by atoms with Gasteiger partial charge in [0.1, 0.15) is 0 Å². The average molecular weight is 548 g/mol. The van der Waals surface area contributed by atoms with Crippen molar-refractivity contribution in [1.82, 2.24) is 4.90 Å². The first-order valence-corrected chi connectivity index (χ1v) is 13.6. The highest BCUT2D eigenvalue weighted by molar-refractivity contribution is 6.16. The average Bonchev–Trinajstić information content (AvgIpc) is 2.99. The monoisotopic (exact) mass is 547 g/mol. The molecule has 4 N–H and O–H groups in total. The summed E-state index contributed by atoms with van der Waals surface area (Å²) in [6.45, 7) is 2.75. The number of nitrogens with zero attached hydrogens (tertiary/aromatic N) is 3. The molecule has 0 aromatic heterocycles. The van der Waals surface area contributed by atoms with E-state index in [9.17, 15) is 14.4 Å². The van der Waals surface area contributed by atoms with Crippen LogP contribution in [0.5, 0.6) is 0 Å². The summed E-state index contributed by atoms with van der Waals surface area (Å²) in [5, 5.41) is 0. The Morgan fingerprint density at radius 1 is 0.707 bits per heavy atom. The smallest absolute Gasteiger partial charge is 0.326 e. The van der Waals surface area contributed by atoms with Gasteiger partial charge < -0.3 is 16.4 Å². The van der Waals surface area contributed by atoms with E-state index < -0.39 is 17.8 Å². The number of nitrogens with two attached hydrogens (primary N) is 2. The molecule has 41 heavy (non-hydrogen) atoms. The molecule has 4 aromatic carbocycles. The van der Waals surface area contributed by atoms with Gasteiger partial charge in [0.15, 0.2) is 0 Å². The standard InChI is InChI=1S/C33H33N5O3/c34-32(40)27-16-17-28(29(23-27)38(33(35)41)30(39)22-24-10-4-1-5-11-24)36-18-20-37(21-19-36)31(25-12-6-2-7-13-25)26-14-8-3-9-15-26/h1-17,23,31H,18-22H2,(H2,34,40)(H2,35,41). The minimum atomic E-state index is -0.916. The number of amides is 4. The van der Waals surface area contributed by atoms with E-state index in [1.54, 1.807) is 12.1 Å². The van der Waals surface area contributed by atoms with Crippen molar-refractivity contribution in [3.05, 3.63) is 131 Å². The molecule has 0 bridgehead atoms. The fraction of sp³-hybridized carbons (Fsp3) is 0.182. The second kappa shape index (κ2) is 12.5. The molecule has 4 aromatic rings. The molecule has 0 radical (unpaired) electrons. The number of piperazine rings is 1. The highest BCUT2D eigenvalue weighted by Gasteiger charge is 2.30. The van der Waals surface area contributed by atoms with Gasteiger partial charge in [-0.2, -0.15) is 0 Å². The number of carbonyl (C=O) groups excluding carboxylic acids is 3. The molecule has 1 fully saturated rings. The van der Waals surface area contributed by atoms with Crippen molar-refractivity contribution < 1.29 is 14.4 Å². The van der Waals surface area contributed by atoms with Crippen LogP contribution in [0.4, 0.5) is 16.2 Å². The number of carbonyl (C=O) groups is 3. The Kier molecular flexibility index (Phi) is 8.41. The lowest BCUT2D eigenvalue weighted by atomic mass is 9.96. The highest BCUT2D eigenvalue weighted by atomic mass is 16.2. The van der Waals surface area contributed by atoms with Crippen LogP contribution in [0.3, 0.4) is 0 Å². The Balaban J connectivity index is 1.43. The summed E-state index contributed by atoms with van der Waals surface area (Å²) >= 11 is 0. The SMILES string of the molecule is NC(=O)c1ccc(N2CCN(C(c3ccccc3)c3ccccc3)CC2)c(N(C(N)=O)C(=O)Cc2ccccc2)c1. The molecule has 0 unspecified atom stereocenters. The zero-order valence-corrected chi connectivity index (χ0v) is 22.7. The van der Waals surface area contributed by atoms with E-state index >= 15 is 0 Å². The molecule has 1 aliphatic rings. The zero-order chi connectivity index (χ0) is 28.8. The molecule has 4 amide bonds. The van der Waals surface area contributed by atoms with Crippen LogP contribution in [-0.2, 0) is 11.2 Å². The second-order valence-corrected chi connectivity index (χ2v) is 10.0. The molecule has 0 saturated carbocycles. The van der Waals surface area contributed by atoms with Crippen LogP contribution in [0.1, 0.15) is 33.1 Å². The number of rotatable bonds is 8. The van der Waals surface area contributed by atoms with Gasteiger partial charge in [-0.05, 0) is 34.9 Å². The third kappa shape index (κ3) is 6.28. The van der Waals surface area contributed by atoms with Crippen LogP contribution in [0.2, 0.25) is 0 Å². The first kappa shape index (κ1) is 27.6. The maximum atomic E-state index is 13.4. The van der Waals surface area contributed by atoms with E-state index in [-0.39, 0.29) is 23.7 Å². The van der Waals surface area contributed by atoms with Crippen LogP contribution >= 0.6 is 0 Å². The number of imide groups is 1. The third-order valence-corrected chi connectivity index (χ3v) is 7.42. The fourth-order valence-corrected chi connectivity index (χ4v) is 5.45. The number of hydrogen-bond acceptors (Lipinski definition) is 5. The van der Waals surface area contributed by atoms with E-state index in [4.69, 9.17) is 11.5 Å². The van der Waals surface area contributed by atoms with Gasteiger partial charge in [-0.15, -0.1) is 0 Å². The number of benzene rings is 4. The quantitative estimate of drug-likeness (QED) is 0.341. The summed E-state index contributed by atoms with van der Waals surface area (Å²) in [5.74, 6) is -1.14. The predicted molar refractivity (Wildman–Crippen MR) is 161 cm³/mol. The van der Waals surface area contributed by atoms with Gasteiger partial charge in [-0.1, -0.05) is 91.0 Å². The van der Waals surface area contributed by atoms with Crippen molar-refractivity contribution in [3.8, 4) is 0 Å². The number of hydrogen-bond donors (Lipinski definition) is 2. The van der Waals surface area contributed by atoms with Gasteiger partial charge in [-0.3, -0.25) is 14.5 Å². The molecule has 1 saturated heterocycles. The molecule has 8 heteroatoms.